The van der Waals surface area contributed by atoms with Crippen molar-refractivity contribution in [1.82, 2.24) is 5.32 Å². The summed E-state index contributed by atoms with van der Waals surface area (Å²) in [4.78, 5) is 12.0. The van der Waals surface area contributed by atoms with Crippen molar-refractivity contribution in [3.8, 4) is 11.5 Å². The number of hydrogen-bond acceptors (Lipinski definition) is 3. The van der Waals surface area contributed by atoms with Crippen LogP contribution in [0.2, 0.25) is 0 Å². The molecule has 0 saturated carbocycles. The summed E-state index contributed by atoms with van der Waals surface area (Å²) in [5.74, 6) is 1.44. The van der Waals surface area contributed by atoms with Crippen molar-refractivity contribution in [3.05, 3.63) is 59.7 Å². The van der Waals surface area contributed by atoms with E-state index in [9.17, 15) is 4.79 Å². The highest BCUT2D eigenvalue weighted by molar-refractivity contribution is 5.95. The summed E-state index contributed by atoms with van der Waals surface area (Å²) < 4.78 is 11.0. The van der Waals surface area contributed by atoms with Crippen LogP contribution in [0.5, 0.6) is 11.5 Å². The van der Waals surface area contributed by atoms with E-state index >= 15 is 0 Å². The molecule has 22 heavy (non-hydrogen) atoms. The molecule has 4 nitrogen and oxygen atoms in total. The van der Waals surface area contributed by atoms with Gasteiger partial charge in [-0.15, -0.1) is 0 Å². The summed E-state index contributed by atoms with van der Waals surface area (Å²) >= 11 is 0. The van der Waals surface area contributed by atoms with E-state index in [0.717, 1.165) is 17.1 Å². The number of ether oxygens (including phenoxy) is 2. The highest BCUT2D eigenvalue weighted by atomic mass is 16.5. The number of carbonyl (C=O) groups excluding carboxylic acids is 1. The molecule has 1 N–H and O–H groups in total. The Balaban J connectivity index is 1.78. The zero-order valence-corrected chi connectivity index (χ0v) is 13.0. The fourth-order valence-electron chi connectivity index (χ4n) is 2.08. The Morgan fingerprint density at radius 2 is 1.77 bits per heavy atom. The number of benzene rings is 2. The molecule has 0 heterocycles. The maximum absolute atomic E-state index is 12.0. The van der Waals surface area contributed by atoms with Gasteiger partial charge in [-0.05, 0) is 37.6 Å². The van der Waals surface area contributed by atoms with Crippen LogP contribution in [0.4, 0.5) is 0 Å². The smallest absolute Gasteiger partial charge is 0.251 e. The lowest BCUT2D eigenvalue weighted by atomic mass is 10.1. The number of hydrogen-bond donors (Lipinski definition) is 1. The summed E-state index contributed by atoms with van der Waals surface area (Å²) in [6.45, 7) is 5.34. The molecule has 0 saturated heterocycles. The predicted octanol–water partition coefficient (Wildman–Crippen LogP) is 3.20. The van der Waals surface area contributed by atoms with Crippen molar-refractivity contribution >= 4 is 5.91 Å². The van der Waals surface area contributed by atoms with Crippen molar-refractivity contribution in [1.29, 1.82) is 0 Å². The number of carbonyl (C=O) groups is 1. The largest absolute Gasteiger partial charge is 0.494 e. The van der Waals surface area contributed by atoms with Crippen molar-refractivity contribution in [2.75, 3.05) is 19.8 Å². The van der Waals surface area contributed by atoms with E-state index in [4.69, 9.17) is 9.47 Å². The predicted molar refractivity (Wildman–Crippen MR) is 86.6 cm³/mol. The number of rotatable bonds is 7. The average Bonchev–Trinajstić information content (AvgIpc) is 2.52. The van der Waals surface area contributed by atoms with Gasteiger partial charge in [-0.25, -0.2) is 0 Å². The number of amides is 1. The van der Waals surface area contributed by atoms with Gasteiger partial charge in [0, 0.05) is 11.6 Å². The number of aryl methyl sites for hydroxylation is 1. The highest BCUT2D eigenvalue weighted by Gasteiger charge is 2.07. The van der Waals surface area contributed by atoms with Crippen LogP contribution in [0.1, 0.15) is 22.8 Å². The Kier molecular flexibility index (Phi) is 5.83. The minimum absolute atomic E-state index is 0.0789. The first kappa shape index (κ1) is 15.9. The van der Waals surface area contributed by atoms with Crippen LogP contribution in [0.15, 0.2) is 48.5 Å². The second kappa shape index (κ2) is 8.08. The lowest BCUT2D eigenvalue weighted by Crippen LogP contribution is -2.28. The lowest BCUT2D eigenvalue weighted by Gasteiger charge is -2.10. The maximum Gasteiger partial charge on any atom is 0.251 e. The van der Waals surface area contributed by atoms with E-state index in [1.165, 1.54) is 0 Å². The van der Waals surface area contributed by atoms with E-state index in [1.807, 2.05) is 62.4 Å². The Morgan fingerprint density at radius 1 is 1.05 bits per heavy atom. The van der Waals surface area contributed by atoms with Crippen molar-refractivity contribution < 1.29 is 14.3 Å². The molecule has 0 aliphatic heterocycles. The van der Waals surface area contributed by atoms with Gasteiger partial charge in [0.1, 0.15) is 18.1 Å². The van der Waals surface area contributed by atoms with Gasteiger partial charge >= 0.3 is 0 Å². The van der Waals surface area contributed by atoms with Crippen molar-refractivity contribution in [2.45, 2.75) is 13.8 Å². The van der Waals surface area contributed by atoms with Gasteiger partial charge < -0.3 is 14.8 Å². The van der Waals surface area contributed by atoms with Crippen LogP contribution in [0, 0.1) is 6.92 Å². The summed E-state index contributed by atoms with van der Waals surface area (Å²) in [5.41, 5.74) is 1.66. The van der Waals surface area contributed by atoms with Crippen molar-refractivity contribution in [3.63, 3.8) is 0 Å². The van der Waals surface area contributed by atoms with Gasteiger partial charge in [-0.3, -0.25) is 4.79 Å². The molecule has 0 atom stereocenters. The SMILES string of the molecule is CCOc1cccc(OCCNC(=O)c2ccccc2C)c1. The molecule has 1 amide bonds. The van der Waals surface area contributed by atoms with Crippen LogP contribution < -0.4 is 14.8 Å². The zero-order valence-electron chi connectivity index (χ0n) is 13.0. The van der Waals surface area contributed by atoms with E-state index in [0.29, 0.717) is 25.3 Å². The Bertz CT molecular complexity index is 625. The Hall–Kier alpha value is -2.49. The van der Waals surface area contributed by atoms with E-state index in [-0.39, 0.29) is 5.91 Å². The molecular formula is C18H21NO3. The van der Waals surface area contributed by atoms with E-state index in [2.05, 4.69) is 5.32 Å². The van der Waals surface area contributed by atoms with Crippen molar-refractivity contribution in [2.24, 2.45) is 0 Å². The standard InChI is InChI=1S/C18H21NO3/c1-3-21-15-8-6-9-16(13-15)22-12-11-19-18(20)17-10-5-4-7-14(17)2/h4-10,13H,3,11-12H2,1-2H3,(H,19,20). The first-order chi connectivity index (χ1) is 10.7. The molecule has 0 unspecified atom stereocenters. The number of nitrogens with one attached hydrogen (secondary N) is 1. The summed E-state index contributed by atoms with van der Waals surface area (Å²) in [6.07, 6.45) is 0. The molecule has 4 heteroatoms. The summed E-state index contributed by atoms with van der Waals surface area (Å²) in [5, 5.41) is 2.85. The third-order valence-corrected chi connectivity index (χ3v) is 3.16. The van der Waals surface area contributed by atoms with Crippen LogP contribution >= 0.6 is 0 Å². The zero-order chi connectivity index (χ0) is 15.8. The van der Waals surface area contributed by atoms with Gasteiger partial charge in [-0.2, -0.15) is 0 Å². The topological polar surface area (TPSA) is 47.6 Å². The molecule has 0 aliphatic carbocycles. The van der Waals surface area contributed by atoms with Crippen LogP contribution in [0.25, 0.3) is 0 Å². The first-order valence-electron chi connectivity index (χ1n) is 7.40. The molecule has 2 aromatic carbocycles. The van der Waals surface area contributed by atoms with Gasteiger partial charge in [0.05, 0.1) is 13.2 Å². The van der Waals surface area contributed by atoms with Gasteiger partial charge in [0.25, 0.3) is 5.91 Å². The molecule has 0 fully saturated rings. The monoisotopic (exact) mass is 299 g/mol. The second-order valence-electron chi connectivity index (χ2n) is 4.83. The fourth-order valence-corrected chi connectivity index (χ4v) is 2.08. The van der Waals surface area contributed by atoms with E-state index < -0.39 is 0 Å². The second-order valence-corrected chi connectivity index (χ2v) is 4.83. The third-order valence-electron chi connectivity index (χ3n) is 3.16. The molecule has 116 valence electrons. The lowest BCUT2D eigenvalue weighted by molar-refractivity contribution is 0.0946. The maximum atomic E-state index is 12.0. The van der Waals surface area contributed by atoms with Crippen LogP contribution in [0.3, 0.4) is 0 Å². The molecule has 0 radical (unpaired) electrons. The quantitative estimate of drug-likeness (QED) is 0.799. The van der Waals surface area contributed by atoms with Gasteiger partial charge in [-0.1, -0.05) is 24.3 Å². The minimum atomic E-state index is -0.0789. The molecule has 0 bridgehead atoms. The Labute approximate surface area is 131 Å². The molecule has 0 spiro atoms. The first-order valence-corrected chi connectivity index (χ1v) is 7.40. The minimum Gasteiger partial charge on any atom is -0.494 e. The molecule has 2 aromatic rings. The van der Waals surface area contributed by atoms with Gasteiger partial charge in [0.2, 0.25) is 0 Å². The van der Waals surface area contributed by atoms with Crippen LogP contribution in [-0.4, -0.2) is 25.7 Å². The normalized spacial score (nSPS) is 10.1. The Morgan fingerprint density at radius 3 is 2.50 bits per heavy atom. The average molecular weight is 299 g/mol. The molecule has 0 aromatic heterocycles. The fraction of sp³-hybridized carbons (Fsp3) is 0.278. The molecular weight excluding hydrogens is 278 g/mol. The van der Waals surface area contributed by atoms with E-state index in [1.54, 1.807) is 0 Å². The summed E-state index contributed by atoms with van der Waals surface area (Å²) in [7, 11) is 0. The molecule has 2 rings (SSSR count). The summed E-state index contributed by atoms with van der Waals surface area (Å²) in [6, 6.07) is 15.0. The molecule has 0 aliphatic rings. The highest BCUT2D eigenvalue weighted by Crippen LogP contribution is 2.19. The third kappa shape index (κ3) is 4.52. The van der Waals surface area contributed by atoms with Crippen LogP contribution in [-0.2, 0) is 0 Å². The van der Waals surface area contributed by atoms with Gasteiger partial charge in [0.15, 0.2) is 0 Å².